The second kappa shape index (κ2) is 8.96. The second-order valence-electron chi connectivity index (χ2n) is 7.90. The molecule has 0 bridgehead atoms. The third-order valence-corrected chi connectivity index (χ3v) is 6.87. The van der Waals surface area contributed by atoms with Gasteiger partial charge in [-0.25, -0.2) is 0 Å². The van der Waals surface area contributed by atoms with Crippen LogP contribution in [-0.4, -0.2) is 25.4 Å². The van der Waals surface area contributed by atoms with E-state index in [1.165, 1.54) is 21.6 Å². The van der Waals surface area contributed by atoms with E-state index in [4.69, 9.17) is 4.42 Å². The Morgan fingerprint density at radius 3 is 2.64 bits per heavy atom. The van der Waals surface area contributed by atoms with Crippen LogP contribution in [0, 0.1) is 0 Å². The van der Waals surface area contributed by atoms with E-state index in [9.17, 15) is 9.59 Å². The zero-order chi connectivity index (χ0) is 22.8. The number of para-hydroxylation sites is 1. The van der Waals surface area contributed by atoms with Gasteiger partial charge in [0.1, 0.15) is 0 Å². The van der Waals surface area contributed by atoms with Gasteiger partial charge in [0.15, 0.2) is 5.76 Å². The second-order valence-corrected chi connectivity index (χ2v) is 8.90. The molecule has 0 atom stereocenters. The number of carbonyl (C=O) groups is 2. The van der Waals surface area contributed by atoms with Crippen molar-refractivity contribution in [2.24, 2.45) is 0 Å². The van der Waals surface area contributed by atoms with Gasteiger partial charge in [-0.05, 0) is 72.0 Å². The lowest BCUT2D eigenvalue weighted by Gasteiger charge is -2.29. The van der Waals surface area contributed by atoms with Gasteiger partial charge in [0.05, 0.1) is 17.5 Å². The number of thiophene rings is 1. The zero-order valence-corrected chi connectivity index (χ0v) is 19.0. The number of amides is 2. The first-order valence-electron chi connectivity index (χ1n) is 10.7. The number of carbonyl (C=O) groups excluding carboxylic acids is 2. The predicted molar refractivity (Wildman–Crippen MR) is 131 cm³/mol. The molecule has 0 saturated carbocycles. The third kappa shape index (κ3) is 4.27. The summed E-state index contributed by atoms with van der Waals surface area (Å²) in [5.74, 6) is -0.381. The minimum absolute atomic E-state index is 0.218. The van der Waals surface area contributed by atoms with Gasteiger partial charge in [0, 0.05) is 36.4 Å². The molecule has 3 heterocycles. The molecule has 2 amide bonds. The normalized spacial score (nSPS) is 12.8. The van der Waals surface area contributed by atoms with Crippen LogP contribution >= 0.6 is 11.3 Å². The van der Waals surface area contributed by atoms with Crippen LogP contribution in [-0.2, 0) is 13.0 Å². The monoisotopic (exact) mass is 457 g/mol. The fraction of sp³-hybridized carbons (Fsp3) is 0.154. The van der Waals surface area contributed by atoms with Crippen molar-refractivity contribution in [3.05, 3.63) is 100 Å². The molecule has 4 aromatic rings. The summed E-state index contributed by atoms with van der Waals surface area (Å²) in [4.78, 5) is 31.0. The van der Waals surface area contributed by atoms with Crippen LogP contribution in [0.2, 0.25) is 0 Å². The van der Waals surface area contributed by atoms with Crippen LogP contribution in [0.1, 0.15) is 31.4 Å². The number of hydrogen-bond donors (Lipinski definition) is 1. The van der Waals surface area contributed by atoms with E-state index in [0.717, 1.165) is 25.2 Å². The van der Waals surface area contributed by atoms with E-state index in [1.54, 1.807) is 43.4 Å². The largest absolute Gasteiger partial charge is 0.459 e. The summed E-state index contributed by atoms with van der Waals surface area (Å²) in [7, 11) is 1.63. The Balaban J connectivity index is 1.30. The molecular weight excluding hydrogens is 434 g/mol. The lowest BCUT2D eigenvalue weighted by molar-refractivity contribution is 0.0966. The number of hydrogen-bond acceptors (Lipinski definition) is 5. The molecule has 7 heteroatoms. The lowest BCUT2D eigenvalue weighted by Crippen LogP contribution is -2.29. The van der Waals surface area contributed by atoms with E-state index in [2.05, 4.69) is 21.7 Å². The van der Waals surface area contributed by atoms with Gasteiger partial charge in [-0.2, -0.15) is 0 Å². The Morgan fingerprint density at radius 2 is 1.85 bits per heavy atom. The van der Waals surface area contributed by atoms with E-state index in [-0.39, 0.29) is 17.6 Å². The number of anilines is 3. The van der Waals surface area contributed by atoms with Gasteiger partial charge in [0.2, 0.25) is 0 Å². The van der Waals surface area contributed by atoms with Crippen molar-refractivity contribution in [1.82, 2.24) is 0 Å². The van der Waals surface area contributed by atoms with Crippen molar-refractivity contribution >= 4 is 40.2 Å². The molecule has 0 aliphatic carbocycles. The number of nitrogens with zero attached hydrogens (tertiary/aromatic N) is 2. The molecule has 6 nitrogen and oxygen atoms in total. The third-order valence-electron chi connectivity index (χ3n) is 5.84. The van der Waals surface area contributed by atoms with Crippen molar-refractivity contribution in [3.8, 4) is 0 Å². The molecule has 0 radical (unpaired) electrons. The average molecular weight is 458 g/mol. The Bertz CT molecular complexity index is 1280. The Kier molecular flexibility index (Phi) is 5.71. The number of fused-ring (bicyclic) bond motifs is 1. The molecule has 1 aliphatic heterocycles. The van der Waals surface area contributed by atoms with Crippen LogP contribution < -0.4 is 15.1 Å². The predicted octanol–water partition coefficient (Wildman–Crippen LogP) is 5.43. The molecular formula is C26H23N3O3S. The molecule has 1 aliphatic rings. The van der Waals surface area contributed by atoms with Crippen LogP contribution in [0.15, 0.2) is 82.8 Å². The minimum Gasteiger partial charge on any atom is -0.459 e. The van der Waals surface area contributed by atoms with Crippen LogP contribution in [0.25, 0.3) is 0 Å². The molecule has 5 rings (SSSR count). The lowest BCUT2D eigenvalue weighted by atomic mass is 10.1. The first kappa shape index (κ1) is 21.0. The van der Waals surface area contributed by atoms with Crippen molar-refractivity contribution in [2.45, 2.75) is 13.0 Å². The SMILES string of the molecule is CN(C(=O)c1ccco1)c1ccccc1C(=O)Nc1ccc(N2CCc3sccc3C2)cc1. The molecule has 0 fully saturated rings. The van der Waals surface area contributed by atoms with Crippen molar-refractivity contribution in [3.63, 3.8) is 0 Å². The summed E-state index contributed by atoms with van der Waals surface area (Å²) in [6.45, 7) is 1.90. The molecule has 0 spiro atoms. The highest BCUT2D eigenvalue weighted by molar-refractivity contribution is 7.10. The van der Waals surface area contributed by atoms with E-state index in [0.29, 0.717) is 16.9 Å². The van der Waals surface area contributed by atoms with Crippen molar-refractivity contribution < 1.29 is 14.0 Å². The van der Waals surface area contributed by atoms with Crippen LogP contribution in [0.3, 0.4) is 0 Å². The van der Waals surface area contributed by atoms with Gasteiger partial charge in [-0.1, -0.05) is 12.1 Å². The molecule has 166 valence electrons. The van der Waals surface area contributed by atoms with Crippen molar-refractivity contribution in [1.29, 1.82) is 0 Å². The smallest absolute Gasteiger partial charge is 0.293 e. The summed E-state index contributed by atoms with van der Waals surface area (Å²) < 4.78 is 5.21. The van der Waals surface area contributed by atoms with Crippen LogP contribution in [0.5, 0.6) is 0 Å². The molecule has 33 heavy (non-hydrogen) atoms. The summed E-state index contributed by atoms with van der Waals surface area (Å²) in [5.41, 5.74) is 4.15. The Labute approximate surface area is 196 Å². The average Bonchev–Trinajstić information content (AvgIpc) is 3.55. The summed E-state index contributed by atoms with van der Waals surface area (Å²) >= 11 is 1.83. The highest BCUT2D eigenvalue weighted by Gasteiger charge is 2.22. The minimum atomic E-state index is -0.320. The van der Waals surface area contributed by atoms with Gasteiger partial charge in [0.25, 0.3) is 11.8 Å². The zero-order valence-electron chi connectivity index (χ0n) is 18.2. The number of rotatable bonds is 5. The first-order chi connectivity index (χ1) is 16.1. The van der Waals surface area contributed by atoms with Crippen LogP contribution in [0.4, 0.5) is 17.1 Å². The first-order valence-corrected chi connectivity index (χ1v) is 11.6. The molecule has 0 saturated heterocycles. The molecule has 1 N–H and O–H groups in total. The summed E-state index contributed by atoms with van der Waals surface area (Å²) in [6.07, 6.45) is 2.51. The van der Waals surface area contributed by atoms with E-state index in [1.807, 2.05) is 35.6 Å². The fourth-order valence-electron chi connectivity index (χ4n) is 4.06. The highest BCUT2D eigenvalue weighted by atomic mass is 32.1. The summed E-state index contributed by atoms with van der Waals surface area (Å²) in [6, 6.07) is 20.4. The number of furan rings is 1. The maximum Gasteiger partial charge on any atom is 0.293 e. The highest BCUT2D eigenvalue weighted by Crippen LogP contribution is 2.29. The van der Waals surface area contributed by atoms with E-state index >= 15 is 0 Å². The maximum atomic E-state index is 13.1. The van der Waals surface area contributed by atoms with E-state index < -0.39 is 0 Å². The van der Waals surface area contributed by atoms with Gasteiger partial charge in [-0.3, -0.25) is 9.59 Å². The number of nitrogens with one attached hydrogen (secondary N) is 1. The molecule has 2 aromatic heterocycles. The Hall–Kier alpha value is -3.84. The van der Waals surface area contributed by atoms with Gasteiger partial charge in [-0.15, -0.1) is 11.3 Å². The topological polar surface area (TPSA) is 65.8 Å². The number of benzene rings is 2. The maximum absolute atomic E-state index is 13.1. The molecule has 0 unspecified atom stereocenters. The van der Waals surface area contributed by atoms with Gasteiger partial charge < -0.3 is 19.5 Å². The fourth-order valence-corrected chi connectivity index (χ4v) is 4.95. The standard InChI is InChI=1S/C26H23N3O3S/c1-28(26(31)23-7-4-15-32-23)22-6-3-2-5-21(22)25(30)27-19-8-10-20(11-9-19)29-14-12-24-18(17-29)13-16-33-24/h2-11,13,15-16H,12,14,17H2,1H3,(H,27,30). The quantitative estimate of drug-likeness (QED) is 0.434. The molecule has 2 aromatic carbocycles. The summed E-state index contributed by atoms with van der Waals surface area (Å²) in [5, 5.41) is 5.11. The Morgan fingerprint density at radius 1 is 1.03 bits per heavy atom. The van der Waals surface area contributed by atoms with Crippen molar-refractivity contribution in [2.75, 3.05) is 28.7 Å². The van der Waals surface area contributed by atoms with Gasteiger partial charge >= 0.3 is 0 Å².